The number of hydrogen-bond acceptors (Lipinski definition) is 3. The van der Waals surface area contributed by atoms with Crippen LogP contribution in [0.4, 0.5) is 0 Å². The van der Waals surface area contributed by atoms with E-state index in [1.54, 1.807) is 0 Å². The third-order valence-corrected chi connectivity index (χ3v) is 4.61. The Bertz CT molecular complexity index is 309. The molecule has 2 aliphatic rings. The maximum atomic E-state index is 12.5. The highest BCUT2D eigenvalue weighted by molar-refractivity contribution is 5.77. The molecule has 0 aliphatic carbocycles. The Labute approximate surface area is 123 Å². The largest absolute Gasteiger partial charge is 0.376 e. The van der Waals surface area contributed by atoms with Crippen LogP contribution < -0.4 is 5.32 Å². The van der Waals surface area contributed by atoms with Gasteiger partial charge in [0.2, 0.25) is 5.91 Å². The van der Waals surface area contributed by atoms with Gasteiger partial charge in [0.15, 0.2) is 0 Å². The predicted molar refractivity (Wildman–Crippen MR) is 80.7 cm³/mol. The number of rotatable bonds is 5. The van der Waals surface area contributed by atoms with Gasteiger partial charge in [-0.2, -0.15) is 0 Å². The van der Waals surface area contributed by atoms with Gasteiger partial charge >= 0.3 is 0 Å². The van der Waals surface area contributed by atoms with E-state index in [-0.39, 0.29) is 6.10 Å². The van der Waals surface area contributed by atoms with E-state index in [1.165, 1.54) is 12.8 Å². The summed E-state index contributed by atoms with van der Waals surface area (Å²) in [6.45, 7) is 7.96. The number of nitrogens with one attached hydrogen (secondary N) is 1. The first-order chi connectivity index (χ1) is 9.70. The molecule has 2 saturated heterocycles. The summed E-state index contributed by atoms with van der Waals surface area (Å²) in [5, 5.41) is 3.51. The Morgan fingerprint density at radius 3 is 2.95 bits per heavy atom. The van der Waals surface area contributed by atoms with Gasteiger partial charge in [0.05, 0.1) is 6.10 Å². The predicted octanol–water partition coefficient (Wildman–Crippen LogP) is 2.18. The third-order valence-electron chi connectivity index (χ3n) is 4.61. The summed E-state index contributed by atoms with van der Waals surface area (Å²) in [6.07, 6.45) is 6.62. The number of ether oxygens (including phenoxy) is 1. The highest BCUT2D eigenvalue weighted by Gasteiger charge is 2.28. The van der Waals surface area contributed by atoms with E-state index < -0.39 is 0 Å². The highest BCUT2D eigenvalue weighted by Crippen LogP contribution is 2.20. The Morgan fingerprint density at radius 2 is 2.20 bits per heavy atom. The van der Waals surface area contributed by atoms with Crippen LogP contribution in [-0.2, 0) is 9.53 Å². The van der Waals surface area contributed by atoms with E-state index in [9.17, 15) is 4.79 Å². The van der Waals surface area contributed by atoms with Crippen LogP contribution in [0.3, 0.4) is 0 Å². The molecule has 2 aliphatic heterocycles. The minimum atomic E-state index is 0.254. The molecule has 1 amide bonds. The van der Waals surface area contributed by atoms with Crippen molar-refractivity contribution in [1.29, 1.82) is 0 Å². The van der Waals surface area contributed by atoms with E-state index in [2.05, 4.69) is 19.2 Å². The number of carbonyl (C=O) groups excluding carboxylic acids is 1. The molecule has 2 fully saturated rings. The minimum absolute atomic E-state index is 0.254. The first-order valence-corrected chi connectivity index (χ1v) is 8.33. The van der Waals surface area contributed by atoms with Crippen LogP contribution in [0, 0.1) is 5.92 Å². The van der Waals surface area contributed by atoms with Crippen molar-refractivity contribution in [2.24, 2.45) is 5.92 Å². The van der Waals surface area contributed by atoms with Crippen molar-refractivity contribution in [2.45, 2.75) is 64.5 Å². The van der Waals surface area contributed by atoms with Crippen molar-refractivity contribution in [3.8, 4) is 0 Å². The zero-order valence-corrected chi connectivity index (χ0v) is 13.1. The lowest BCUT2D eigenvalue weighted by Gasteiger charge is -2.35. The Hall–Kier alpha value is -0.610. The lowest BCUT2D eigenvalue weighted by molar-refractivity contribution is -0.136. The second kappa shape index (κ2) is 7.99. The molecule has 2 heterocycles. The summed E-state index contributed by atoms with van der Waals surface area (Å²) in [5.41, 5.74) is 0. The van der Waals surface area contributed by atoms with Crippen LogP contribution in [0.5, 0.6) is 0 Å². The smallest absolute Gasteiger partial charge is 0.224 e. The van der Waals surface area contributed by atoms with Gasteiger partial charge in [-0.1, -0.05) is 13.8 Å². The Balaban J connectivity index is 1.79. The fourth-order valence-corrected chi connectivity index (χ4v) is 3.29. The zero-order chi connectivity index (χ0) is 14.4. The van der Waals surface area contributed by atoms with Gasteiger partial charge in [-0.05, 0) is 44.6 Å². The maximum absolute atomic E-state index is 12.5. The van der Waals surface area contributed by atoms with Crippen LogP contribution >= 0.6 is 0 Å². The van der Waals surface area contributed by atoms with Gasteiger partial charge in [-0.3, -0.25) is 4.79 Å². The van der Waals surface area contributed by atoms with Gasteiger partial charge in [0.1, 0.15) is 0 Å². The lowest BCUT2D eigenvalue weighted by atomic mass is 9.90. The molecular formula is C16H30N2O2. The van der Waals surface area contributed by atoms with Crippen molar-refractivity contribution >= 4 is 5.91 Å². The van der Waals surface area contributed by atoms with E-state index in [4.69, 9.17) is 4.74 Å². The summed E-state index contributed by atoms with van der Waals surface area (Å²) in [7, 11) is 0. The molecule has 0 bridgehead atoms. The standard InChI is InChI=1S/C16H30N2O2/c1-3-10-20-14-7-5-9-18(12-14)16(19)11-15-13(2)6-4-8-17-15/h13-15,17H,3-12H2,1-2H3. The first-order valence-electron chi connectivity index (χ1n) is 8.33. The van der Waals surface area contributed by atoms with Gasteiger partial charge in [0, 0.05) is 32.2 Å². The molecule has 2 rings (SSSR count). The van der Waals surface area contributed by atoms with Gasteiger partial charge in [-0.15, -0.1) is 0 Å². The fourth-order valence-electron chi connectivity index (χ4n) is 3.29. The second-order valence-electron chi connectivity index (χ2n) is 6.36. The molecule has 0 aromatic rings. The SMILES string of the molecule is CCCOC1CCCN(C(=O)CC2NCCCC2C)C1. The molecule has 20 heavy (non-hydrogen) atoms. The molecule has 3 atom stereocenters. The average Bonchev–Trinajstić information content (AvgIpc) is 2.48. The maximum Gasteiger partial charge on any atom is 0.224 e. The molecule has 4 nitrogen and oxygen atoms in total. The van der Waals surface area contributed by atoms with Crippen molar-refractivity contribution in [2.75, 3.05) is 26.2 Å². The number of hydrogen-bond donors (Lipinski definition) is 1. The highest BCUT2D eigenvalue weighted by atomic mass is 16.5. The molecule has 1 N–H and O–H groups in total. The molecular weight excluding hydrogens is 252 g/mol. The van der Waals surface area contributed by atoms with E-state index in [1.807, 2.05) is 4.90 Å². The van der Waals surface area contributed by atoms with Gasteiger partial charge in [0.25, 0.3) is 0 Å². The van der Waals surface area contributed by atoms with E-state index in [0.717, 1.165) is 45.5 Å². The van der Waals surface area contributed by atoms with Crippen LogP contribution in [0.2, 0.25) is 0 Å². The summed E-state index contributed by atoms with van der Waals surface area (Å²) in [4.78, 5) is 14.5. The minimum Gasteiger partial charge on any atom is -0.376 e. The van der Waals surface area contributed by atoms with Crippen LogP contribution in [0.15, 0.2) is 0 Å². The summed E-state index contributed by atoms with van der Waals surface area (Å²) >= 11 is 0. The Kier molecular flexibility index (Phi) is 6.30. The number of piperidine rings is 2. The zero-order valence-electron chi connectivity index (χ0n) is 13.1. The molecule has 3 unspecified atom stereocenters. The molecule has 0 radical (unpaired) electrons. The lowest BCUT2D eigenvalue weighted by Crippen LogP contribution is -2.48. The second-order valence-corrected chi connectivity index (χ2v) is 6.36. The topological polar surface area (TPSA) is 41.6 Å². The van der Waals surface area contributed by atoms with Crippen molar-refractivity contribution in [1.82, 2.24) is 10.2 Å². The van der Waals surface area contributed by atoms with Crippen molar-refractivity contribution < 1.29 is 9.53 Å². The van der Waals surface area contributed by atoms with E-state index >= 15 is 0 Å². The molecule has 116 valence electrons. The number of carbonyl (C=O) groups is 1. The van der Waals surface area contributed by atoms with Crippen molar-refractivity contribution in [3.05, 3.63) is 0 Å². The molecule has 0 saturated carbocycles. The fraction of sp³-hybridized carbons (Fsp3) is 0.938. The van der Waals surface area contributed by atoms with Crippen molar-refractivity contribution in [3.63, 3.8) is 0 Å². The Morgan fingerprint density at radius 1 is 1.35 bits per heavy atom. The van der Waals surface area contributed by atoms with Crippen LogP contribution in [0.1, 0.15) is 52.4 Å². The van der Waals surface area contributed by atoms with Gasteiger partial charge in [-0.25, -0.2) is 0 Å². The average molecular weight is 282 g/mol. The first kappa shape index (κ1) is 15.8. The number of likely N-dealkylation sites (tertiary alicyclic amines) is 1. The van der Waals surface area contributed by atoms with Crippen LogP contribution in [0.25, 0.3) is 0 Å². The summed E-state index contributed by atoms with van der Waals surface area (Å²) in [5.74, 6) is 0.922. The molecule has 0 aromatic heterocycles. The molecule has 0 aromatic carbocycles. The quantitative estimate of drug-likeness (QED) is 0.840. The van der Waals surface area contributed by atoms with Crippen LogP contribution in [-0.4, -0.2) is 49.2 Å². The number of amides is 1. The molecule has 4 heteroatoms. The monoisotopic (exact) mass is 282 g/mol. The normalized spacial score (nSPS) is 31.3. The third kappa shape index (κ3) is 4.45. The van der Waals surface area contributed by atoms with E-state index in [0.29, 0.717) is 24.3 Å². The van der Waals surface area contributed by atoms with Gasteiger partial charge < -0.3 is 15.0 Å². The molecule has 0 spiro atoms. The number of nitrogens with zero attached hydrogens (tertiary/aromatic N) is 1. The summed E-state index contributed by atoms with van der Waals surface area (Å²) < 4.78 is 5.81. The summed E-state index contributed by atoms with van der Waals surface area (Å²) in [6, 6.07) is 0.369.